The van der Waals surface area contributed by atoms with Gasteiger partial charge in [0.05, 0.1) is 5.52 Å². The predicted molar refractivity (Wildman–Crippen MR) is 123 cm³/mol. The van der Waals surface area contributed by atoms with Crippen molar-refractivity contribution in [3.8, 4) is 0 Å². The Labute approximate surface area is 178 Å². The number of fused-ring (bicyclic) bond motifs is 2. The van der Waals surface area contributed by atoms with Gasteiger partial charge in [0.1, 0.15) is 5.82 Å². The molecule has 0 spiro atoms. The zero-order valence-corrected chi connectivity index (χ0v) is 17.5. The topological polar surface area (TPSA) is 21.1 Å². The molecule has 0 atom stereocenters. The third kappa shape index (κ3) is 2.92. The molecule has 4 aromatic rings. The third-order valence-corrected chi connectivity index (χ3v) is 6.83. The van der Waals surface area contributed by atoms with Crippen LogP contribution in [0.25, 0.3) is 10.9 Å². The van der Waals surface area contributed by atoms with E-state index in [1.807, 2.05) is 6.20 Å². The highest BCUT2D eigenvalue weighted by atomic mass is 15.2. The molecule has 150 valence electrons. The minimum Gasteiger partial charge on any atom is -0.351 e. The number of rotatable bonds is 4. The standard InChI is InChI=1S/C27H27N3/c1-19-24(17-20-7-3-2-4-8-20)26-25(30(19)23-11-12-23)13-15-28-27(26)29-16-14-21-9-5-6-10-22(21)18-29/h2-10,13,15,23H,11-12,14,16-18H2,1H3. The maximum absolute atomic E-state index is 4.95. The van der Waals surface area contributed by atoms with Crippen LogP contribution in [0, 0.1) is 6.92 Å². The molecule has 0 saturated heterocycles. The lowest BCUT2D eigenvalue weighted by atomic mass is 9.98. The van der Waals surface area contributed by atoms with Crippen molar-refractivity contribution in [3.05, 3.63) is 94.8 Å². The summed E-state index contributed by atoms with van der Waals surface area (Å²) in [5.41, 5.74) is 8.52. The number of hydrogen-bond donors (Lipinski definition) is 0. The van der Waals surface area contributed by atoms with Crippen molar-refractivity contribution in [1.82, 2.24) is 9.55 Å². The molecular weight excluding hydrogens is 366 g/mol. The molecule has 3 heteroatoms. The third-order valence-electron chi connectivity index (χ3n) is 6.83. The summed E-state index contributed by atoms with van der Waals surface area (Å²) in [5, 5.41) is 1.37. The zero-order chi connectivity index (χ0) is 20.1. The first-order chi connectivity index (χ1) is 14.8. The van der Waals surface area contributed by atoms with Crippen LogP contribution in [0.3, 0.4) is 0 Å². The number of aromatic nitrogens is 2. The van der Waals surface area contributed by atoms with Crippen LogP contribution >= 0.6 is 0 Å². The van der Waals surface area contributed by atoms with Gasteiger partial charge in [-0.3, -0.25) is 0 Å². The molecule has 2 aromatic heterocycles. The second-order valence-electron chi connectivity index (χ2n) is 8.80. The second-order valence-corrected chi connectivity index (χ2v) is 8.80. The largest absolute Gasteiger partial charge is 0.351 e. The van der Waals surface area contributed by atoms with Gasteiger partial charge in [-0.15, -0.1) is 0 Å². The minimum absolute atomic E-state index is 0.661. The maximum Gasteiger partial charge on any atom is 0.138 e. The van der Waals surface area contributed by atoms with Gasteiger partial charge < -0.3 is 9.47 Å². The van der Waals surface area contributed by atoms with E-state index in [0.717, 1.165) is 31.7 Å². The highest BCUT2D eigenvalue weighted by Gasteiger charge is 2.30. The predicted octanol–water partition coefficient (Wildman–Crippen LogP) is 5.83. The van der Waals surface area contributed by atoms with E-state index in [-0.39, 0.29) is 0 Å². The summed E-state index contributed by atoms with van der Waals surface area (Å²) < 4.78 is 2.59. The van der Waals surface area contributed by atoms with Crippen molar-refractivity contribution in [1.29, 1.82) is 0 Å². The molecule has 2 aromatic carbocycles. The second kappa shape index (κ2) is 7.02. The van der Waals surface area contributed by atoms with E-state index in [1.54, 1.807) is 0 Å². The Hall–Kier alpha value is -3.07. The molecule has 2 aliphatic rings. The number of anilines is 1. The molecule has 0 amide bonds. The fourth-order valence-corrected chi connectivity index (χ4v) is 5.17. The van der Waals surface area contributed by atoms with Crippen molar-refractivity contribution in [2.45, 2.75) is 45.2 Å². The molecule has 1 aliphatic carbocycles. The molecule has 30 heavy (non-hydrogen) atoms. The molecule has 0 bridgehead atoms. The van der Waals surface area contributed by atoms with Crippen LogP contribution in [0.15, 0.2) is 66.9 Å². The van der Waals surface area contributed by atoms with Gasteiger partial charge in [-0.25, -0.2) is 4.98 Å². The van der Waals surface area contributed by atoms with Crippen LogP contribution in [0.4, 0.5) is 5.82 Å². The van der Waals surface area contributed by atoms with E-state index in [1.165, 1.54) is 51.7 Å². The Balaban J connectivity index is 1.51. The van der Waals surface area contributed by atoms with E-state index in [9.17, 15) is 0 Å². The van der Waals surface area contributed by atoms with Crippen LogP contribution in [-0.2, 0) is 19.4 Å². The molecule has 1 aliphatic heterocycles. The molecule has 6 rings (SSSR count). The first kappa shape index (κ1) is 17.8. The van der Waals surface area contributed by atoms with E-state index in [0.29, 0.717) is 6.04 Å². The number of hydrogen-bond acceptors (Lipinski definition) is 2. The first-order valence-corrected chi connectivity index (χ1v) is 11.1. The van der Waals surface area contributed by atoms with Crippen molar-refractivity contribution in [3.63, 3.8) is 0 Å². The summed E-state index contributed by atoms with van der Waals surface area (Å²) in [6.07, 6.45) is 6.66. The van der Waals surface area contributed by atoms with Gasteiger partial charge in [-0.05, 0) is 60.9 Å². The van der Waals surface area contributed by atoms with Gasteiger partial charge in [-0.2, -0.15) is 0 Å². The molecule has 1 saturated carbocycles. The quantitative estimate of drug-likeness (QED) is 0.435. The normalized spacial score (nSPS) is 16.1. The van der Waals surface area contributed by atoms with E-state index >= 15 is 0 Å². The zero-order valence-electron chi connectivity index (χ0n) is 17.5. The summed E-state index contributed by atoms with van der Waals surface area (Å²) in [5.74, 6) is 1.16. The molecule has 0 radical (unpaired) electrons. The summed E-state index contributed by atoms with van der Waals surface area (Å²) in [6, 6.07) is 22.6. The Morgan fingerprint density at radius 3 is 2.50 bits per heavy atom. The number of benzene rings is 2. The number of nitrogens with zero attached hydrogens (tertiary/aromatic N) is 3. The molecule has 0 unspecified atom stereocenters. The van der Waals surface area contributed by atoms with Gasteiger partial charge in [0.25, 0.3) is 0 Å². The van der Waals surface area contributed by atoms with Crippen molar-refractivity contribution in [2.24, 2.45) is 0 Å². The van der Waals surface area contributed by atoms with Gasteiger partial charge in [0.2, 0.25) is 0 Å². The summed E-state index contributed by atoms with van der Waals surface area (Å²) >= 11 is 0. The van der Waals surface area contributed by atoms with Gasteiger partial charge in [0.15, 0.2) is 0 Å². The lowest BCUT2D eigenvalue weighted by Gasteiger charge is -2.30. The van der Waals surface area contributed by atoms with Crippen LogP contribution in [0.2, 0.25) is 0 Å². The van der Waals surface area contributed by atoms with Gasteiger partial charge >= 0.3 is 0 Å². The summed E-state index contributed by atoms with van der Waals surface area (Å²) in [4.78, 5) is 7.45. The SMILES string of the molecule is Cc1c(Cc2ccccc2)c2c(N3CCc4ccccc4C3)nccc2n1C1CC1. The molecular formula is C27H27N3. The van der Waals surface area contributed by atoms with Crippen molar-refractivity contribution in [2.75, 3.05) is 11.4 Å². The Morgan fingerprint density at radius 2 is 1.70 bits per heavy atom. The molecule has 3 heterocycles. The molecule has 3 nitrogen and oxygen atoms in total. The van der Waals surface area contributed by atoms with Gasteiger partial charge in [-0.1, -0.05) is 54.6 Å². The fraction of sp³-hybridized carbons (Fsp3) is 0.296. The van der Waals surface area contributed by atoms with Gasteiger partial charge in [0, 0.05) is 36.4 Å². The Bertz CT molecular complexity index is 1220. The van der Waals surface area contributed by atoms with E-state index in [2.05, 4.69) is 77.1 Å². The average Bonchev–Trinajstić information content (AvgIpc) is 3.59. The van der Waals surface area contributed by atoms with Crippen LogP contribution in [0.5, 0.6) is 0 Å². The average molecular weight is 394 g/mol. The highest BCUT2D eigenvalue weighted by Crippen LogP contribution is 2.44. The fourth-order valence-electron chi connectivity index (χ4n) is 5.17. The van der Waals surface area contributed by atoms with E-state index < -0.39 is 0 Å². The molecule has 0 N–H and O–H groups in total. The first-order valence-electron chi connectivity index (χ1n) is 11.1. The highest BCUT2D eigenvalue weighted by molar-refractivity contribution is 5.95. The van der Waals surface area contributed by atoms with Crippen LogP contribution in [0.1, 0.15) is 46.8 Å². The maximum atomic E-state index is 4.95. The lowest BCUT2D eigenvalue weighted by Crippen LogP contribution is -2.31. The van der Waals surface area contributed by atoms with Crippen LogP contribution < -0.4 is 4.90 Å². The monoisotopic (exact) mass is 393 g/mol. The Morgan fingerprint density at radius 1 is 0.933 bits per heavy atom. The Kier molecular flexibility index (Phi) is 4.15. The van der Waals surface area contributed by atoms with E-state index in [4.69, 9.17) is 4.98 Å². The number of pyridine rings is 1. The summed E-state index contributed by atoms with van der Waals surface area (Å²) in [7, 11) is 0. The van der Waals surface area contributed by atoms with Crippen molar-refractivity contribution >= 4 is 16.7 Å². The minimum atomic E-state index is 0.661. The summed E-state index contributed by atoms with van der Waals surface area (Å²) in [6.45, 7) is 4.29. The van der Waals surface area contributed by atoms with Crippen LogP contribution in [-0.4, -0.2) is 16.1 Å². The smallest absolute Gasteiger partial charge is 0.138 e. The van der Waals surface area contributed by atoms with Crippen molar-refractivity contribution < 1.29 is 0 Å². The lowest BCUT2D eigenvalue weighted by molar-refractivity contribution is 0.723. The molecule has 1 fully saturated rings.